The van der Waals surface area contributed by atoms with Crippen LogP contribution in [0.4, 0.5) is 0 Å². The zero-order chi connectivity index (χ0) is 14.5. The molecule has 0 fully saturated rings. The molecule has 0 radical (unpaired) electrons. The third-order valence-corrected chi connectivity index (χ3v) is 4.23. The smallest absolute Gasteiger partial charge is 0.0417 e. The van der Waals surface area contributed by atoms with E-state index in [2.05, 4.69) is 52.2 Å². The number of benzene rings is 1. The van der Waals surface area contributed by atoms with E-state index in [1.807, 2.05) is 30.6 Å². The summed E-state index contributed by atoms with van der Waals surface area (Å²) in [5.74, 6) is 0.503. The van der Waals surface area contributed by atoms with Gasteiger partial charge in [-0.2, -0.15) is 0 Å². The molecule has 20 heavy (non-hydrogen) atoms. The molecule has 1 N–H and O–H groups in total. The zero-order valence-corrected chi connectivity index (χ0v) is 13.9. The lowest BCUT2D eigenvalue weighted by molar-refractivity contribution is 0.410. The van der Waals surface area contributed by atoms with Crippen molar-refractivity contribution in [2.75, 3.05) is 0 Å². The first-order chi connectivity index (χ1) is 9.58. The lowest BCUT2D eigenvalue weighted by Crippen LogP contribution is -2.25. The fraction of sp³-hybridized carbons (Fsp3) is 0.312. The highest BCUT2D eigenvalue weighted by Gasteiger charge is 2.15. The molecular weight excluding hydrogens is 336 g/mol. The van der Waals surface area contributed by atoms with Crippen LogP contribution in [0.15, 0.2) is 47.2 Å². The normalized spacial score (nSPS) is 12.7. The van der Waals surface area contributed by atoms with Gasteiger partial charge in [-0.25, -0.2) is 0 Å². The minimum Gasteiger partial charge on any atom is -0.306 e. The Hall–Kier alpha value is -0.900. The van der Waals surface area contributed by atoms with E-state index in [4.69, 9.17) is 11.6 Å². The van der Waals surface area contributed by atoms with E-state index in [9.17, 15) is 0 Å². The Labute approximate surface area is 133 Å². The van der Waals surface area contributed by atoms with Crippen LogP contribution in [-0.4, -0.2) is 4.98 Å². The van der Waals surface area contributed by atoms with Crippen molar-refractivity contribution in [2.24, 2.45) is 5.92 Å². The molecule has 1 atom stereocenters. The van der Waals surface area contributed by atoms with Gasteiger partial charge in [0.1, 0.15) is 0 Å². The number of nitrogens with zero attached hydrogens (tertiary/aromatic N) is 1. The lowest BCUT2D eigenvalue weighted by atomic mass is 9.96. The summed E-state index contributed by atoms with van der Waals surface area (Å²) in [6, 6.07) is 10.3. The average Bonchev–Trinajstić information content (AvgIpc) is 2.42. The maximum Gasteiger partial charge on any atom is 0.0417 e. The zero-order valence-electron chi connectivity index (χ0n) is 11.6. The van der Waals surface area contributed by atoms with Crippen LogP contribution in [0.5, 0.6) is 0 Å². The summed E-state index contributed by atoms with van der Waals surface area (Å²) in [6.07, 6.45) is 3.68. The molecule has 1 aromatic heterocycles. The highest BCUT2D eigenvalue weighted by Crippen LogP contribution is 2.25. The van der Waals surface area contributed by atoms with E-state index >= 15 is 0 Å². The van der Waals surface area contributed by atoms with Gasteiger partial charge in [-0.15, -0.1) is 0 Å². The average molecular weight is 354 g/mol. The second kappa shape index (κ2) is 7.21. The summed E-state index contributed by atoms with van der Waals surface area (Å²) >= 11 is 9.52. The van der Waals surface area contributed by atoms with E-state index in [1.54, 1.807) is 0 Å². The highest BCUT2D eigenvalue weighted by atomic mass is 79.9. The van der Waals surface area contributed by atoms with Crippen LogP contribution in [0.3, 0.4) is 0 Å². The Morgan fingerprint density at radius 3 is 2.50 bits per heavy atom. The molecule has 0 unspecified atom stereocenters. The Balaban J connectivity index is 2.10. The number of halogens is 2. The molecule has 0 amide bonds. The number of hydrogen-bond acceptors (Lipinski definition) is 2. The highest BCUT2D eigenvalue weighted by molar-refractivity contribution is 9.10. The molecule has 4 heteroatoms. The van der Waals surface area contributed by atoms with E-state index < -0.39 is 0 Å². The molecule has 2 rings (SSSR count). The Bertz CT molecular complexity index is 558. The maximum atomic E-state index is 5.97. The minimum atomic E-state index is 0.306. The van der Waals surface area contributed by atoms with Gasteiger partial charge in [-0.1, -0.05) is 47.4 Å². The van der Waals surface area contributed by atoms with Crippen molar-refractivity contribution in [1.82, 2.24) is 10.3 Å². The predicted octanol–water partition coefficient (Wildman–Crippen LogP) is 4.98. The van der Waals surface area contributed by atoms with Gasteiger partial charge in [0.2, 0.25) is 0 Å². The summed E-state index contributed by atoms with van der Waals surface area (Å²) in [6.45, 7) is 5.23. The SMILES string of the molecule is CC(C)[C@H](NCc1ccc(Cl)cc1Br)c1ccncc1. The molecule has 1 aromatic carbocycles. The van der Waals surface area contributed by atoms with Crippen LogP contribution in [0.25, 0.3) is 0 Å². The topological polar surface area (TPSA) is 24.9 Å². The number of rotatable bonds is 5. The first-order valence-electron chi connectivity index (χ1n) is 6.65. The predicted molar refractivity (Wildman–Crippen MR) is 87.8 cm³/mol. The van der Waals surface area contributed by atoms with Gasteiger partial charge in [0.05, 0.1) is 0 Å². The molecule has 0 aliphatic heterocycles. The van der Waals surface area contributed by atoms with Gasteiger partial charge in [0.15, 0.2) is 0 Å². The Morgan fingerprint density at radius 2 is 1.90 bits per heavy atom. The molecule has 106 valence electrons. The Kier molecular flexibility index (Phi) is 5.58. The van der Waals surface area contributed by atoms with Crippen LogP contribution < -0.4 is 5.32 Å². The van der Waals surface area contributed by atoms with Crippen molar-refractivity contribution in [3.63, 3.8) is 0 Å². The van der Waals surface area contributed by atoms with E-state index in [0.717, 1.165) is 16.0 Å². The van der Waals surface area contributed by atoms with Crippen molar-refractivity contribution in [2.45, 2.75) is 26.4 Å². The maximum absolute atomic E-state index is 5.97. The lowest BCUT2D eigenvalue weighted by Gasteiger charge is -2.23. The molecule has 0 saturated carbocycles. The largest absolute Gasteiger partial charge is 0.306 e. The quantitative estimate of drug-likeness (QED) is 0.819. The molecule has 1 heterocycles. The third kappa shape index (κ3) is 4.05. The van der Waals surface area contributed by atoms with Gasteiger partial charge in [-0.05, 0) is 41.3 Å². The molecule has 0 saturated heterocycles. The second-order valence-electron chi connectivity index (χ2n) is 5.12. The molecule has 2 aromatic rings. The van der Waals surface area contributed by atoms with Crippen LogP contribution >= 0.6 is 27.5 Å². The summed E-state index contributed by atoms with van der Waals surface area (Å²) in [7, 11) is 0. The fourth-order valence-electron chi connectivity index (χ4n) is 2.19. The second-order valence-corrected chi connectivity index (χ2v) is 6.41. The van der Waals surface area contributed by atoms with Gasteiger partial charge in [-0.3, -0.25) is 4.98 Å². The minimum absolute atomic E-state index is 0.306. The van der Waals surface area contributed by atoms with E-state index in [-0.39, 0.29) is 0 Å². The number of hydrogen-bond donors (Lipinski definition) is 1. The first kappa shape index (κ1) is 15.5. The molecule has 0 aliphatic rings. The summed E-state index contributed by atoms with van der Waals surface area (Å²) in [4.78, 5) is 4.08. The summed E-state index contributed by atoms with van der Waals surface area (Å²) in [5, 5.41) is 4.36. The molecule has 0 bridgehead atoms. The van der Waals surface area contributed by atoms with Crippen LogP contribution in [0, 0.1) is 5.92 Å². The molecule has 0 aliphatic carbocycles. The van der Waals surface area contributed by atoms with Crippen molar-refractivity contribution in [3.8, 4) is 0 Å². The fourth-order valence-corrected chi connectivity index (χ4v) is 3.02. The van der Waals surface area contributed by atoms with Crippen LogP contribution in [-0.2, 0) is 6.54 Å². The number of aromatic nitrogens is 1. The van der Waals surface area contributed by atoms with Crippen molar-refractivity contribution < 1.29 is 0 Å². The monoisotopic (exact) mass is 352 g/mol. The number of nitrogens with one attached hydrogen (secondary N) is 1. The van der Waals surface area contributed by atoms with Crippen LogP contribution in [0.1, 0.15) is 31.0 Å². The molecule has 2 nitrogen and oxygen atoms in total. The van der Waals surface area contributed by atoms with Crippen LogP contribution in [0.2, 0.25) is 5.02 Å². The van der Waals surface area contributed by atoms with Crippen molar-refractivity contribution in [3.05, 3.63) is 63.3 Å². The third-order valence-electron chi connectivity index (χ3n) is 3.26. The van der Waals surface area contributed by atoms with E-state index in [1.165, 1.54) is 11.1 Å². The number of pyridine rings is 1. The van der Waals surface area contributed by atoms with Crippen molar-refractivity contribution >= 4 is 27.5 Å². The van der Waals surface area contributed by atoms with E-state index in [0.29, 0.717) is 12.0 Å². The first-order valence-corrected chi connectivity index (χ1v) is 7.82. The summed E-state index contributed by atoms with van der Waals surface area (Å²) < 4.78 is 1.04. The van der Waals surface area contributed by atoms with Crippen molar-refractivity contribution in [1.29, 1.82) is 0 Å². The standard InChI is InChI=1S/C16H18BrClN2/c1-11(2)16(12-5-7-19-8-6-12)20-10-13-3-4-14(18)9-15(13)17/h3-9,11,16,20H,10H2,1-2H3/t16-/m0/s1. The van der Waals surface area contributed by atoms with Gasteiger partial charge < -0.3 is 5.32 Å². The van der Waals surface area contributed by atoms with Gasteiger partial charge in [0, 0.05) is 34.5 Å². The Morgan fingerprint density at radius 1 is 1.20 bits per heavy atom. The molecular formula is C16H18BrClN2. The van der Waals surface area contributed by atoms with Gasteiger partial charge in [0.25, 0.3) is 0 Å². The molecule has 0 spiro atoms. The summed E-state index contributed by atoms with van der Waals surface area (Å²) in [5.41, 5.74) is 2.47. The van der Waals surface area contributed by atoms with Gasteiger partial charge >= 0.3 is 0 Å².